The molecule has 0 spiro atoms. The first-order valence-electron chi connectivity index (χ1n) is 10.3. The third kappa shape index (κ3) is 3.80. The van der Waals surface area contributed by atoms with Crippen LogP contribution >= 0.6 is 0 Å². The standard InChI is InChI=1S/C24H19BN6O2/c25-21-22(15-5-3-14(4-6-15)10-20(32)33)30-24-18(13-29-31(24)23(21)26)16-7-8-19(28-12-16)17-2-1-9-27-11-17/h1-9,11-13H,10,25-26H2,(H,32,33). The molecular weight excluding hydrogens is 415 g/mol. The number of pyridine rings is 2. The highest BCUT2D eigenvalue weighted by Gasteiger charge is 2.16. The first kappa shape index (κ1) is 20.4. The van der Waals surface area contributed by atoms with Crippen molar-refractivity contribution in [2.45, 2.75) is 6.42 Å². The molecule has 0 amide bonds. The molecule has 0 aliphatic rings. The number of fused-ring (bicyclic) bond motifs is 1. The molecule has 0 saturated carbocycles. The Balaban J connectivity index is 1.56. The van der Waals surface area contributed by atoms with Crippen LogP contribution in [0.1, 0.15) is 5.56 Å². The summed E-state index contributed by atoms with van der Waals surface area (Å²) in [6, 6.07) is 15.1. The summed E-state index contributed by atoms with van der Waals surface area (Å²) in [5.74, 6) is -0.370. The van der Waals surface area contributed by atoms with Crippen molar-refractivity contribution in [1.82, 2.24) is 24.6 Å². The zero-order valence-electron chi connectivity index (χ0n) is 17.8. The fourth-order valence-corrected chi connectivity index (χ4v) is 3.77. The molecule has 4 heterocycles. The van der Waals surface area contributed by atoms with Gasteiger partial charge in [0, 0.05) is 35.3 Å². The fraction of sp³-hybridized carbons (Fsp3) is 0.0417. The van der Waals surface area contributed by atoms with Crippen molar-refractivity contribution in [2.24, 2.45) is 0 Å². The molecule has 0 fully saturated rings. The normalized spacial score (nSPS) is 11.0. The van der Waals surface area contributed by atoms with Crippen LogP contribution in [0.3, 0.4) is 0 Å². The fourth-order valence-electron chi connectivity index (χ4n) is 3.77. The third-order valence-corrected chi connectivity index (χ3v) is 5.54. The third-order valence-electron chi connectivity index (χ3n) is 5.54. The maximum Gasteiger partial charge on any atom is 0.307 e. The second-order valence-corrected chi connectivity index (χ2v) is 7.71. The van der Waals surface area contributed by atoms with E-state index in [0.717, 1.165) is 44.7 Å². The summed E-state index contributed by atoms with van der Waals surface area (Å²) in [5.41, 5.74) is 13.6. The Morgan fingerprint density at radius 1 is 1.00 bits per heavy atom. The maximum atomic E-state index is 11.0. The van der Waals surface area contributed by atoms with E-state index in [0.29, 0.717) is 11.5 Å². The van der Waals surface area contributed by atoms with Crippen molar-refractivity contribution in [3.63, 3.8) is 0 Å². The van der Waals surface area contributed by atoms with E-state index in [1.807, 2.05) is 44.2 Å². The number of nitrogen functional groups attached to an aromatic ring is 1. The van der Waals surface area contributed by atoms with Gasteiger partial charge in [0.15, 0.2) is 5.65 Å². The van der Waals surface area contributed by atoms with Crippen LogP contribution in [0, 0.1) is 0 Å². The van der Waals surface area contributed by atoms with Crippen molar-refractivity contribution in [3.05, 3.63) is 78.9 Å². The second kappa shape index (κ2) is 8.20. The SMILES string of the molecule is Bc1c(-c2ccc(CC(=O)O)cc2)nc2c(-c3ccc(-c4cccnc4)nc3)cnn2c1N. The highest BCUT2D eigenvalue weighted by molar-refractivity contribution is 6.38. The number of carboxylic acid groups (broad SMARTS) is 1. The Labute approximate surface area is 190 Å². The van der Waals surface area contributed by atoms with Gasteiger partial charge in [0.2, 0.25) is 0 Å². The van der Waals surface area contributed by atoms with Crippen molar-refractivity contribution >= 4 is 30.7 Å². The van der Waals surface area contributed by atoms with E-state index in [9.17, 15) is 4.79 Å². The second-order valence-electron chi connectivity index (χ2n) is 7.71. The molecule has 4 aromatic heterocycles. The lowest BCUT2D eigenvalue weighted by molar-refractivity contribution is -0.136. The van der Waals surface area contributed by atoms with E-state index < -0.39 is 5.97 Å². The van der Waals surface area contributed by atoms with Gasteiger partial charge in [0.05, 0.1) is 24.0 Å². The molecule has 0 saturated heterocycles. The van der Waals surface area contributed by atoms with Gasteiger partial charge in [-0.15, -0.1) is 0 Å². The predicted octanol–water partition coefficient (Wildman–Crippen LogP) is 1.99. The van der Waals surface area contributed by atoms with Gasteiger partial charge in [-0.05, 0) is 34.8 Å². The Morgan fingerprint density at radius 3 is 2.45 bits per heavy atom. The monoisotopic (exact) mass is 434 g/mol. The molecule has 0 radical (unpaired) electrons. The zero-order valence-corrected chi connectivity index (χ0v) is 17.8. The lowest BCUT2D eigenvalue weighted by Crippen LogP contribution is -2.20. The van der Waals surface area contributed by atoms with Gasteiger partial charge in [0.25, 0.3) is 0 Å². The summed E-state index contributed by atoms with van der Waals surface area (Å²) in [5, 5.41) is 13.4. The van der Waals surface area contributed by atoms with Crippen LogP contribution in [-0.2, 0) is 11.2 Å². The highest BCUT2D eigenvalue weighted by atomic mass is 16.4. The van der Waals surface area contributed by atoms with E-state index >= 15 is 0 Å². The average molecular weight is 434 g/mol. The Bertz CT molecular complexity index is 1470. The molecule has 1 aromatic carbocycles. The smallest absolute Gasteiger partial charge is 0.307 e. The van der Waals surface area contributed by atoms with E-state index in [-0.39, 0.29) is 6.42 Å². The number of aromatic nitrogens is 5. The minimum atomic E-state index is -0.866. The van der Waals surface area contributed by atoms with Crippen molar-refractivity contribution < 1.29 is 9.90 Å². The van der Waals surface area contributed by atoms with Gasteiger partial charge >= 0.3 is 5.97 Å². The van der Waals surface area contributed by atoms with E-state index in [2.05, 4.69) is 15.1 Å². The van der Waals surface area contributed by atoms with Crippen LogP contribution in [-0.4, -0.2) is 43.5 Å². The summed E-state index contributed by atoms with van der Waals surface area (Å²) in [7, 11) is 1.90. The number of anilines is 1. The van der Waals surface area contributed by atoms with Crippen LogP contribution in [0.2, 0.25) is 0 Å². The quantitative estimate of drug-likeness (QED) is 0.406. The molecule has 0 aliphatic carbocycles. The number of nitrogens with zero attached hydrogens (tertiary/aromatic N) is 5. The van der Waals surface area contributed by atoms with Gasteiger partial charge in [-0.2, -0.15) is 9.61 Å². The number of nitrogens with two attached hydrogens (primary N) is 1. The van der Waals surface area contributed by atoms with Crippen LogP contribution in [0.5, 0.6) is 0 Å². The average Bonchev–Trinajstić information content (AvgIpc) is 3.26. The minimum absolute atomic E-state index is 0.0251. The van der Waals surface area contributed by atoms with Gasteiger partial charge in [0.1, 0.15) is 13.7 Å². The lowest BCUT2D eigenvalue weighted by Gasteiger charge is -2.11. The molecule has 0 bridgehead atoms. The Kier molecular flexibility index (Phi) is 5.06. The Hall–Kier alpha value is -4.53. The van der Waals surface area contributed by atoms with E-state index in [1.54, 1.807) is 41.4 Å². The van der Waals surface area contributed by atoms with Gasteiger partial charge in [-0.25, -0.2) is 4.98 Å². The number of benzene rings is 1. The number of aliphatic carboxylic acids is 1. The molecule has 160 valence electrons. The number of hydrogen-bond acceptors (Lipinski definition) is 6. The first-order valence-corrected chi connectivity index (χ1v) is 10.3. The van der Waals surface area contributed by atoms with Gasteiger partial charge in [-0.3, -0.25) is 14.8 Å². The largest absolute Gasteiger partial charge is 0.481 e. The van der Waals surface area contributed by atoms with Gasteiger partial charge < -0.3 is 10.8 Å². The van der Waals surface area contributed by atoms with Crippen molar-refractivity contribution in [2.75, 3.05) is 5.73 Å². The zero-order chi connectivity index (χ0) is 22.9. The summed E-state index contributed by atoms with van der Waals surface area (Å²) >= 11 is 0. The summed E-state index contributed by atoms with van der Waals surface area (Å²) in [6.07, 6.45) is 7.00. The number of hydrogen-bond donors (Lipinski definition) is 2. The van der Waals surface area contributed by atoms with Crippen LogP contribution in [0.25, 0.3) is 39.3 Å². The van der Waals surface area contributed by atoms with Crippen molar-refractivity contribution in [3.8, 4) is 33.6 Å². The summed E-state index contributed by atoms with van der Waals surface area (Å²) < 4.78 is 1.63. The molecule has 8 nitrogen and oxygen atoms in total. The van der Waals surface area contributed by atoms with Crippen LogP contribution in [0.4, 0.5) is 5.82 Å². The highest BCUT2D eigenvalue weighted by Crippen LogP contribution is 2.28. The number of carboxylic acids is 1. The summed E-state index contributed by atoms with van der Waals surface area (Å²) in [4.78, 5) is 24.6. The van der Waals surface area contributed by atoms with E-state index in [1.165, 1.54) is 0 Å². The molecule has 3 N–H and O–H groups in total. The molecule has 5 aromatic rings. The molecule has 33 heavy (non-hydrogen) atoms. The van der Waals surface area contributed by atoms with Crippen LogP contribution in [0.15, 0.2) is 73.3 Å². The minimum Gasteiger partial charge on any atom is -0.481 e. The first-order chi connectivity index (χ1) is 16.0. The predicted molar refractivity (Wildman–Crippen MR) is 129 cm³/mol. The lowest BCUT2D eigenvalue weighted by atomic mass is 9.90. The molecule has 0 unspecified atom stereocenters. The topological polar surface area (TPSA) is 119 Å². The number of carbonyl (C=O) groups is 1. The molecule has 5 rings (SSSR count). The maximum absolute atomic E-state index is 11.0. The molecule has 0 atom stereocenters. The van der Waals surface area contributed by atoms with Crippen molar-refractivity contribution in [1.29, 1.82) is 0 Å². The Morgan fingerprint density at radius 2 is 1.79 bits per heavy atom. The number of rotatable bonds is 5. The molecular formula is C24H19BN6O2. The van der Waals surface area contributed by atoms with E-state index in [4.69, 9.17) is 15.8 Å². The molecule has 9 heteroatoms. The van der Waals surface area contributed by atoms with Crippen LogP contribution < -0.4 is 11.2 Å². The summed E-state index contributed by atoms with van der Waals surface area (Å²) in [6.45, 7) is 0. The van der Waals surface area contributed by atoms with Gasteiger partial charge in [-0.1, -0.05) is 30.3 Å². The molecule has 0 aliphatic heterocycles.